The molecule has 1 saturated heterocycles. The second kappa shape index (κ2) is 9.38. The van der Waals surface area contributed by atoms with E-state index in [9.17, 15) is 26.4 Å². The predicted octanol–water partition coefficient (Wildman–Crippen LogP) is 3.25. The molecule has 0 aromatic heterocycles. The lowest BCUT2D eigenvalue weighted by Crippen LogP contribution is -2.40. The van der Waals surface area contributed by atoms with E-state index in [-0.39, 0.29) is 33.7 Å². The highest BCUT2D eigenvalue weighted by atomic mass is 32.2. The summed E-state index contributed by atoms with van der Waals surface area (Å²) in [6.45, 7) is 1.48. The van der Waals surface area contributed by atoms with Gasteiger partial charge in [0.1, 0.15) is 0 Å². The molecule has 11 heteroatoms. The number of carbonyl (C=O) groups is 1. The molecule has 0 spiro atoms. The van der Waals surface area contributed by atoms with E-state index in [1.165, 1.54) is 40.7 Å². The highest BCUT2D eigenvalue weighted by molar-refractivity contribution is 8.00. The monoisotopic (exact) mass is 460 g/mol. The Kier molecular flexibility index (Phi) is 7.06. The van der Waals surface area contributed by atoms with E-state index in [1.54, 1.807) is 12.1 Å². The molecule has 1 aliphatic rings. The van der Waals surface area contributed by atoms with E-state index < -0.39 is 21.4 Å². The van der Waals surface area contributed by atoms with E-state index in [2.05, 4.69) is 5.32 Å². The van der Waals surface area contributed by atoms with Crippen molar-refractivity contribution in [1.29, 1.82) is 0 Å². The first-order valence-electron chi connectivity index (χ1n) is 8.96. The third kappa shape index (κ3) is 5.97. The van der Waals surface area contributed by atoms with Crippen molar-refractivity contribution < 1.29 is 31.1 Å². The molecule has 1 heterocycles. The van der Waals surface area contributed by atoms with Gasteiger partial charge in [-0.2, -0.15) is 17.5 Å². The summed E-state index contributed by atoms with van der Waals surface area (Å²) >= 11 is -0.246. The van der Waals surface area contributed by atoms with E-state index in [0.717, 1.165) is 0 Å². The Labute approximate surface area is 176 Å². The second-order valence-corrected chi connectivity index (χ2v) is 9.49. The summed E-state index contributed by atoms with van der Waals surface area (Å²) in [6, 6.07) is 11.3. The fourth-order valence-corrected chi connectivity index (χ4v) is 4.76. The van der Waals surface area contributed by atoms with E-state index in [0.29, 0.717) is 31.9 Å². The average molecular weight is 460 g/mol. The van der Waals surface area contributed by atoms with Crippen molar-refractivity contribution in [2.24, 2.45) is 0 Å². The third-order valence-electron chi connectivity index (χ3n) is 4.33. The molecule has 2 aromatic rings. The van der Waals surface area contributed by atoms with Gasteiger partial charge in [-0.3, -0.25) is 4.79 Å². The number of carbonyl (C=O) groups excluding carboxylic acids is 1. The van der Waals surface area contributed by atoms with Gasteiger partial charge < -0.3 is 10.1 Å². The molecule has 0 radical (unpaired) electrons. The topological polar surface area (TPSA) is 75.7 Å². The molecule has 6 nitrogen and oxygen atoms in total. The number of hydrogen-bond acceptors (Lipinski definition) is 5. The van der Waals surface area contributed by atoms with Crippen LogP contribution < -0.4 is 5.32 Å². The minimum Gasteiger partial charge on any atom is -0.379 e. The Morgan fingerprint density at radius 1 is 1.03 bits per heavy atom. The number of amides is 1. The van der Waals surface area contributed by atoms with Gasteiger partial charge >= 0.3 is 5.51 Å². The van der Waals surface area contributed by atoms with Crippen LogP contribution in [-0.2, 0) is 21.3 Å². The first-order chi connectivity index (χ1) is 14.1. The molecule has 1 fully saturated rings. The molecule has 0 bridgehead atoms. The van der Waals surface area contributed by atoms with Gasteiger partial charge in [0, 0.05) is 30.1 Å². The average Bonchev–Trinajstić information content (AvgIpc) is 2.72. The fraction of sp³-hybridized carbons (Fsp3) is 0.316. The minimum atomic E-state index is -4.38. The van der Waals surface area contributed by atoms with Crippen molar-refractivity contribution in [3.05, 3.63) is 59.7 Å². The molecular formula is C19H19F3N2O4S2. The number of benzene rings is 2. The van der Waals surface area contributed by atoms with E-state index in [4.69, 9.17) is 4.74 Å². The summed E-state index contributed by atoms with van der Waals surface area (Å²) in [7, 11) is -3.59. The highest BCUT2D eigenvalue weighted by Crippen LogP contribution is 2.36. The summed E-state index contributed by atoms with van der Waals surface area (Å²) in [5.74, 6) is -0.441. The lowest BCUT2D eigenvalue weighted by Gasteiger charge is -2.26. The number of nitrogens with zero attached hydrogens (tertiary/aromatic N) is 1. The number of sulfonamides is 1. The van der Waals surface area contributed by atoms with Gasteiger partial charge in [-0.1, -0.05) is 12.1 Å². The zero-order chi connectivity index (χ0) is 21.8. The van der Waals surface area contributed by atoms with Crippen molar-refractivity contribution >= 4 is 27.7 Å². The normalized spacial score (nSPS) is 15.7. The van der Waals surface area contributed by atoms with Crippen LogP contribution in [0.1, 0.15) is 15.9 Å². The van der Waals surface area contributed by atoms with Crippen molar-refractivity contribution in [1.82, 2.24) is 9.62 Å². The zero-order valence-electron chi connectivity index (χ0n) is 15.7. The summed E-state index contributed by atoms with van der Waals surface area (Å²) in [5.41, 5.74) is -3.47. The first-order valence-corrected chi connectivity index (χ1v) is 11.2. The molecule has 0 saturated carbocycles. The number of halogens is 3. The van der Waals surface area contributed by atoms with Gasteiger partial charge in [-0.25, -0.2) is 8.42 Å². The maximum Gasteiger partial charge on any atom is 0.446 e. The number of rotatable bonds is 6. The van der Waals surface area contributed by atoms with Crippen LogP contribution in [0.5, 0.6) is 0 Å². The quantitative estimate of drug-likeness (QED) is 0.670. The first kappa shape index (κ1) is 22.6. The molecule has 30 heavy (non-hydrogen) atoms. The molecule has 2 aromatic carbocycles. The van der Waals surface area contributed by atoms with Crippen molar-refractivity contribution in [3.8, 4) is 0 Å². The maximum atomic E-state index is 12.6. The summed E-state index contributed by atoms with van der Waals surface area (Å²) in [5, 5.41) is 2.66. The van der Waals surface area contributed by atoms with Gasteiger partial charge in [-0.05, 0) is 53.7 Å². The summed E-state index contributed by atoms with van der Waals surface area (Å²) < 4.78 is 68.8. The number of thioether (sulfide) groups is 1. The number of ether oxygens (including phenoxy) is 1. The molecule has 0 aliphatic carbocycles. The van der Waals surface area contributed by atoms with Crippen molar-refractivity contribution in [2.45, 2.75) is 21.8 Å². The molecule has 0 atom stereocenters. The van der Waals surface area contributed by atoms with Crippen molar-refractivity contribution in [3.63, 3.8) is 0 Å². The van der Waals surface area contributed by atoms with E-state index >= 15 is 0 Å². The van der Waals surface area contributed by atoms with E-state index in [1.807, 2.05) is 0 Å². The Hall–Kier alpha value is -2.08. The zero-order valence-corrected chi connectivity index (χ0v) is 17.3. The molecule has 3 rings (SSSR count). The smallest absolute Gasteiger partial charge is 0.379 e. The predicted molar refractivity (Wildman–Crippen MR) is 106 cm³/mol. The Morgan fingerprint density at radius 2 is 1.63 bits per heavy atom. The van der Waals surface area contributed by atoms with Crippen LogP contribution in [0.2, 0.25) is 0 Å². The van der Waals surface area contributed by atoms with Crippen LogP contribution in [0.25, 0.3) is 0 Å². The van der Waals surface area contributed by atoms with Crippen LogP contribution in [0.4, 0.5) is 13.2 Å². The maximum absolute atomic E-state index is 12.6. The Morgan fingerprint density at radius 3 is 2.20 bits per heavy atom. The summed E-state index contributed by atoms with van der Waals surface area (Å²) in [4.78, 5) is 12.4. The Balaban J connectivity index is 1.57. The highest BCUT2D eigenvalue weighted by Gasteiger charge is 2.29. The number of hydrogen-bond donors (Lipinski definition) is 1. The second-order valence-electron chi connectivity index (χ2n) is 6.42. The number of nitrogens with one attached hydrogen (secondary N) is 1. The number of morpholine rings is 1. The summed E-state index contributed by atoms with van der Waals surface area (Å²) in [6.07, 6.45) is 0. The minimum absolute atomic E-state index is 0.00360. The van der Waals surface area contributed by atoms with Crippen LogP contribution in [0.15, 0.2) is 58.3 Å². The lowest BCUT2D eigenvalue weighted by molar-refractivity contribution is -0.0328. The van der Waals surface area contributed by atoms with Crippen LogP contribution in [-0.4, -0.2) is 50.4 Å². The fourth-order valence-electron chi connectivity index (χ4n) is 2.81. The van der Waals surface area contributed by atoms with Gasteiger partial charge in [0.15, 0.2) is 0 Å². The van der Waals surface area contributed by atoms with Crippen LogP contribution >= 0.6 is 11.8 Å². The van der Waals surface area contributed by atoms with Gasteiger partial charge in [-0.15, -0.1) is 0 Å². The third-order valence-corrected chi connectivity index (χ3v) is 6.99. The van der Waals surface area contributed by atoms with Crippen molar-refractivity contribution in [2.75, 3.05) is 26.3 Å². The SMILES string of the molecule is O=C(NCc1ccc(S(=O)(=O)N2CCOCC2)cc1)c1ccc(SC(F)(F)F)cc1. The van der Waals surface area contributed by atoms with Gasteiger partial charge in [0.2, 0.25) is 10.0 Å². The lowest BCUT2D eigenvalue weighted by atomic mass is 10.2. The largest absolute Gasteiger partial charge is 0.446 e. The molecular weight excluding hydrogens is 441 g/mol. The van der Waals surface area contributed by atoms with Crippen LogP contribution in [0.3, 0.4) is 0 Å². The van der Waals surface area contributed by atoms with Gasteiger partial charge in [0.25, 0.3) is 5.91 Å². The molecule has 1 N–H and O–H groups in total. The Bertz CT molecular complexity index is 972. The molecule has 1 aliphatic heterocycles. The van der Waals surface area contributed by atoms with Crippen LogP contribution in [0, 0.1) is 0 Å². The molecule has 1 amide bonds. The number of alkyl halides is 3. The molecule has 0 unspecified atom stereocenters. The standard InChI is InChI=1S/C19H19F3N2O4S2/c20-19(21,22)29-16-5-3-15(4-6-16)18(25)23-13-14-1-7-17(8-2-14)30(26,27)24-9-11-28-12-10-24/h1-8H,9-13H2,(H,23,25). The molecule has 162 valence electrons. The van der Waals surface area contributed by atoms with Gasteiger partial charge in [0.05, 0.1) is 18.1 Å².